The number of carbonyl (C=O) groups excluding carboxylic acids is 3. The Morgan fingerprint density at radius 1 is 1.00 bits per heavy atom. The number of carboxylic acids is 1. The van der Waals surface area contributed by atoms with Crippen molar-refractivity contribution in [2.75, 3.05) is 20.1 Å². The molecule has 7 N–H and O–H groups in total. The normalized spacial score (nSPS) is 11.4. The Balaban J connectivity index is 2.27. The summed E-state index contributed by atoms with van der Waals surface area (Å²) in [4.78, 5) is 47.4. The Morgan fingerprint density at radius 3 is 2.27 bits per heavy atom. The number of nitrogens with one attached hydrogen (secondary N) is 4. The number of rotatable bonds is 17. The molecule has 0 bridgehead atoms. The summed E-state index contributed by atoms with van der Waals surface area (Å²) in [5.41, 5.74) is 6.56. The molecule has 10 heteroatoms. The molecule has 0 aliphatic heterocycles. The third-order valence-corrected chi connectivity index (χ3v) is 5.05. The highest BCUT2D eigenvalue weighted by Crippen LogP contribution is 2.06. The van der Waals surface area contributed by atoms with E-state index in [-0.39, 0.29) is 31.1 Å². The van der Waals surface area contributed by atoms with Gasteiger partial charge in [0.2, 0.25) is 11.7 Å². The van der Waals surface area contributed by atoms with E-state index in [4.69, 9.17) is 11.1 Å². The lowest BCUT2D eigenvalue weighted by molar-refractivity contribution is -0.142. The third-order valence-electron chi connectivity index (χ3n) is 5.05. The van der Waals surface area contributed by atoms with Crippen LogP contribution >= 0.6 is 0 Å². The first-order chi connectivity index (χ1) is 15.7. The van der Waals surface area contributed by atoms with Crippen molar-refractivity contribution in [2.24, 2.45) is 5.73 Å². The third kappa shape index (κ3) is 11.8. The second-order valence-electron chi connectivity index (χ2n) is 7.83. The second-order valence-corrected chi connectivity index (χ2v) is 7.83. The van der Waals surface area contributed by atoms with Gasteiger partial charge in [0.1, 0.15) is 11.9 Å². The number of Topliss-reactive ketones (excluding diaryl/α,β-unsaturated/α-hetero) is 1. The number of carboxylic acid groups (broad SMARTS) is 1. The van der Waals surface area contributed by atoms with Crippen LogP contribution in [0.25, 0.3) is 0 Å². The molecule has 10 nitrogen and oxygen atoms in total. The molecule has 0 saturated carbocycles. The van der Waals surface area contributed by atoms with E-state index in [1.165, 1.54) is 0 Å². The number of hydrogen-bond acceptors (Lipinski definition) is 6. The fourth-order valence-corrected chi connectivity index (χ4v) is 3.13. The van der Waals surface area contributed by atoms with Crippen LogP contribution in [0, 0.1) is 5.41 Å². The maximum Gasteiger partial charge on any atom is 0.326 e. The van der Waals surface area contributed by atoms with Gasteiger partial charge in [-0.05, 0) is 51.3 Å². The Labute approximate surface area is 194 Å². The number of nitrogens with two attached hydrogens (primary N) is 1. The summed E-state index contributed by atoms with van der Waals surface area (Å²) >= 11 is 0. The largest absolute Gasteiger partial charge is 0.480 e. The van der Waals surface area contributed by atoms with E-state index >= 15 is 0 Å². The Kier molecular flexibility index (Phi) is 13.1. The van der Waals surface area contributed by atoms with Crippen molar-refractivity contribution in [3.63, 3.8) is 0 Å². The number of hydrogen-bond donors (Lipinski definition) is 6. The molecule has 0 spiro atoms. The van der Waals surface area contributed by atoms with Crippen molar-refractivity contribution in [3.05, 3.63) is 35.4 Å². The molecule has 1 aromatic carbocycles. The zero-order valence-electron chi connectivity index (χ0n) is 19.1. The zero-order valence-corrected chi connectivity index (χ0v) is 19.1. The molecule has 33 heavy (non-hydrogen) atoms. The Morgan fingerprint density at radius 2 is 1.67 bits per heavy atom. The predicted octanol–water partition coefficient (Wildman–Crippen LogP) is 0.718. The maximum absolute atomic E-state index is 12.1. The molecule has 1 rings (SSSR count). The van der Waals surface area contributed by atoms with Gasteiger partial charge in [0.25, 0.3) is 5.91 Å². The predicted molar refractivity (Wildman–Crippen MR) is 125 cm³/mol. The van der Waals surface area contributed by atoms with Crippen molar-refractivity contribution in [3.8, 4) is 0 Å². The first-order valence-corrected chi connectivity index (χ1v) is 11.2. The van der Waals surface area contributed by atoms with E-state index < -0.39 is 23.7 Å². The minimum atomic E-state index is -1.09. The van der Waals surface area contributed by atoms with Crippen LogP contribution in [0.5, 0.6) is 0 Å². The van der Waals surface area contributed by atoms with Gasteiger partial charge in [0.05, 0.1) is 0 Å². The van der Waals surface area contributed by atoms with Gasteiger partial charge in [0, 0.05) is 24.9 Å². The zero-order chi connectivity index (χ0) is 24.6. The van der Waals surface area contributed by atoms with Crippen LogP contribution in [0.1, 0.15) is 56.1 Å². The lowest BCUT2D eigenvalue weighted by Gasteiger charge is -2.14. The van der Waals surface area contributed by atoms with Gasteiger partial charge in [-0.2, -0.15) is 0 Å². The van der Waals surface area contributed by atoms with Gasteiger partial charge >= 0.3 is 5.97 Å². The SMILES string of the molecule is CNCCCCCC(=O)NC(CCCCNC(=O)C(=O)Cc1ccc(C(=N)N)cc1)C(=O)O. The average molecular weight is 462 g/mol. The van der Waals surface area contributed by atoms with Crippen LogP contribution < -0.4 is 21.7 Å². The maximum atomic E-state index is 12.1. The number of ketones is 1. The van der Waals surface area contributed by atoms with Gasteiger partial charge in [-0.3, -0.25) is 19.8 Å². The van der Waals surface area contributed by atoms with E-state index in [0.29, 0.717) is 36.8 Å². The van der Waals surface area contributed by atoms with Crippen molar-refractivity contribution in [1.82, 2.24) is 16.0 Å². The highest BCUT2D eigenvalue weighted by atomic mass is 16.4. The number of amidine groups is 1. The van der Waals surface area contributed by atoms with Gasteiger partial charge in [-0.15, -0.1) is 0 Å². The van der Waals surface area contributed by atoms with Gasteiger partial charge in [0.15, 0.2) is 0 Å². The highest BCUT2D eigenvalue weighted by Gasteiger charge is 2.19. The number of aliphatic carboxylic acids is 1. The average Bonchev–Trinajstić information content (AvgIpc) is 2.77. The van der Waals surface area contributed by atoms with Gasteiger partial charge in [-0.1, -0.05) is 30.7 Å². The monoisotopic (exact) mass is 461 g/mol. The quantitative estimate of drug-likeness (QED) is 0.0857. The number of unbranched alkanes of at least 4 members (excludes halogenated alkanes) is 3. The lowest BCUT2D eigenvalue weighted by atomic mass is 10.1. The van der Waals surface area contributed by atoms with Crippen LogP contribution in [-0.2, 0) is 25.6 Å². The van der Waals surface area contributed by atoms with Crippen LogP contribution in [0.15, 0.2) is 24.3 Å². The van der Waals surface area contributed by atoms with Crippen molar-refractivity contribution in [2.45, 2.75) is 57.4 Å². The minimum absolute atomic E-state index is 0.0634. The van der Waals surface area contributed by atoms with E-state index in [1.54, 1.807) is 24.3 Å². The molecular formula is C23H35N5O5. The Bertz CT molecular complexity index is 810. The van der Waals surface area contributed by atoms with E-state index in [1.807, 2.05) is 7.05 Å². The standard InChI is InChI=1S/C23H35N5O5/c1-26-13-5-2-3-8-20(30)28-18(23(32)33)7-4-6-14-27-22(31)19(29)15-16-9-11-17(12-10-16)21(24)25/h9-12,18,26H,2-8,13-15H2,1H3,(H3,24,25)(H,27,31)(H,28,30)(H,32,33). The number of nitrogen functional groups attached to an aromatic ring is 1. The highest BCUT2D eigenvalue weighted by molar-refractivity contribution is 6.36. The summed E-state index contributed by atoms with van der Waals surface area (Å²) in [6.45, 7) is 1.12. The molecule has 2 amide bonds. The molecule has 0 fully saturated rings. The number of benzene rings is 1. The summed E-state index contributed by atoms with van der Waals surface area (Å²) in [6.07, 6.45) is 4.00. The van der Waals surface area contributed by atoms with Crippen LogP contribution in [0.4, 0.5) is 0 Å². The molecular weight excluding hydrogens is 426 g/mol. The van der Waals surface area contributed by atoms with E-state index in [2.05, 4.69) is 16.0 Å². The lowest BCUT2D eigenvalue weighted by Crippen LogP contribution is -2.40. The summed E-state index contributed by atoms with van der Waals surface area (Å²) in [5.74, 6) is -2.73. The molecule has 1 atom stereocenters. The van der Waals surface area contributed by atoms with Crippen LogP contribution in [0.3, 0.4) is 0 Å². The van der Waals surface area contributed by atoms with Crippen molar-refractivity contribution >= 4 is 29.4 Å². The van der Waals surface area contributed by atoms with Gasteiger partial charge in [-0.25, -0.2) is 4.79 Å². The fraction of sp³-hybridized carbons (Fsp3) is 0.522. The van der Waals surface area contributed by atoms with Gasteiger partial charge < -0.3 is 26.8 Å². The van der Waals surface area contributed by atoms with E-state index in [0.717, 1.165) is 19.4 Å². The molecule has 182 valence electrons. The smallest absolute Gasteiger partial charge is 0.326 e. The fourth-order valence-electron chi connectivity index (χ4n) is 3.13. The topological polar surface area (TPSA) is 174 Å². The first kappa shape index (κ1) is 27.8. The molecule has 0 heterocycles. The molecule has 0 saturated heterocycles. The second kappa shape index (κ2) is 15.5. The molecule has 1 unspecified atom stereocenters. The molecule has 1 aromatic rings. The van der Waals surface area contributed by atoms with Crippen molar-refractivity contribution in [1.29, 1.82) is 5.41 Å². The molecule has 0 aliphatic rings. The summed E-state index contributed by atoms with van der Waals surface area (Å²) < 4.78 is 0. The number of amides is 2. The minimum Gasteiger partial charge on any atom is -0.480 e. The van der Waals surface area contributed by atoms with Crippen LogP contribution in [0.2, 0.25) is 0 Å². The Hall–Kier alpha value is -3.27. The number of carbonyl (C=O) groups is 4. The molecule has 0 radical (unpaired) electrons. The van der Waals surface area contributed by atoms with E-state index in [9.17, 15) is 24.3 Å². The van der Waals surface area contributed by atoms with Crippen LogP contribution in [-0.4, -0.2) is 60.7 Å². The summed E-state index contributed by atoms with van der Waals surface area (Å²) in [6, 6.07) is 5.55. The molecule has 0 aliphatic carbocycles. The summed E-state index contributed by atoms with van der Waals surface area (Å²) in [5, 5.41) is 24.8. The molecule has 0 aromatic heterocycles. The first-order valence-electron chi connectivity index (χ1n) is 11.2. The summed E-state index contributed by atoms with van der Waals surface area (Å²) in [7, 11) is 1.87. The van der Waals surface area contributed by atoms with Crippen molar-refractivity contribution < 1.29 is 24.3 Å².